The van der Waals surface area contributed by atoms with E-state index in [1.54, 1.807) is 0 Å². The Labute approximate surface area is 91.2 Å². The van der Waals surface area contributed by atoms with Crippen LogP contribution in [0.25, 0.3) is 0 Å². The van der Waals surface area contributed by atoms with E-state index < -0.39 is 12.6 Å². The first kappa shape index (κ1) is 12.8. The maximum absolute atomic E-state index is 11.9. The van der Waals surface area contributed by atoms with Gasteiger partial charge in [-0.2, -0.15) is 18.2 Å². The highest BCUT2D eigenvalue weighted by atomic mass is 19.4. The molecule has 92 valence electrons. The van der Waals surface area contributed by atoms with E-state index in [4.69, 9.17) is 4.52 Å². The standard InChI is InChI=1S/C9H14F3N3O/c1-8(2,3)14-7-13-6(15-16-7)4-5-9(10,11)12/h4-5H2,1-3H3,(H,13,14,15). The van der Waals surface area contributed by atoms with Gasteiger partial charge in [-0.15, -0.1) is 0 Å². The number of nitrogens with one attached hydrogen (secondary N) is 1. The number of alkyl halides is 3. The molecule has 0 spiro atoms. The number of hydrogen-bond donors (Lipinski definition) is 1. The van der Waals surface area contributed by atoms with Crippen molar-refractivity contribution in [3.63, 3.8) is 0 Å². The van der Waals surface area contributed by atoms with E-state index in [2.05, 4.69) is 15.5 Å². The van der Waals surface area contributed by atoms with Crippen molar-refractivity contribution in [2.75, 3.05) is 5.32 Å². The third-order valence-corrected chi connectivity index (χ3v) is 1.58. The average molecular weight is 237 g/mol. The van der Waals surface area contributed by atoms with Crippen molar-refractivity contribution in [3.8, 4) is 0 Å². The third kappa shape index (κ3) is 4.99. The first-order valence-corrected chi connectivity index (χ1v) is 4.83. The average Bonchev–Trinajstić information content (AvgIpc) is 2.44. The van der Waals surface area contributed by atoms with Crippen molar-refractivity contribution >= 4 is 6.01 Å². The number of halogens is 3. The third-order valence-electron chi connectivity index (χ3n) is 1.58. The highest BCUT2D eigenvalue weighted by Gasteiger charge is 2.27. The molecule has 7 heteroatoms. The lowest BCUT2D eigenvalue weighted by molar-refractivity contribution is -0.134. The fraction of sp³-hybridized carbons (Fsp3) is 0.778. The summed E-state index contributed by atoms with van der Waals surface area (Å²) in [6, 6.07) is 0.143. The lowest BCUT2D eigenvalue weighted by Gasteiger charge is -2.17. The first-order chi connectivity index (χ1) is 7.16. The Morgan fingerprint density at radius 1 is 1.25 bits per heavy atom. The molecule has 0 aromatic carbocycles. The number of nitrogens with zero attached hydrogens (tertiary/aromatic N) is 2. The van der Waals surface area contributed by atoms with Gasteiger partial charge in [0, 0.05) is 12.0 Å². The van der Waals surface area contributed by atoms with E-state index in [9.17, 15) is 13.2 Å². The molecule has 1 heterocycles. The molecule has 0 bridgehead atoms. The van der Waals surface area contributed by atoms with Crippen LogP contribution in [0.5, 0.6) is 0 Å². The van der Waals surface area contributed by atoms with Crippen LogP contribution in [0.1, 0.15) is 33.0 Å². The summed E-state index contributed by atoms with van der Waals surface area (Å²) in [5.74, 6) is 0.0593. The summed E-state index contributed by atoms with van der Waals surface area (Å²) < 4.78 is 40.5. The zero-order chi connectivity index (χ0) is 12.4. The molecule has 16 heavy (non-hydrogen) atoms. The van der Waals surface area contributed by atoms with E-state index in [1.165, 1.54) is 0 Å². The number of aryl methyl sites for hydroxylation is 1. The highest BCUT2D eigenvalue weighted by molar-refractivity contribution is 5.22. The molecule has 0 aliphatic rings. The van der Waals surface area contributed by atoms with Gasteiger partial charge in [-0.05, 0) is 20.8 Å². The Morgan fingerprint density at radius 3 is 2.38 bits per heavy atom. The predicted molar refractivity (Wildman–Crippen MR) is 52.0 cm³/mol. The van der Waals surface area contributed by atoms with Crippen molar-refractivity contribution in [2.24, 2.45) is 0 Å². The Morgan fingerprint density at radius 2 is 1.88 bits per heavy atom. The molecule has 0 unspecified atom stereocenters. The maximum Gasteiger partial charge on any atom is 0.389 e. The highest BCUT2D eigenvalue weighted by Crippen LogP contribution is 2.21. The fourth-order valence-corrected chi connectivity index (χ4v) is 0.981. The zero-order valence-corrected chi connectivity index (χ0v) is 9.35. The van der Waals surface area contributed by atoms with Gasteiger partial charge in [-0.3, -0.25) is 0 Å². The van der Waals surface area contributed by atoms with Crippen LogP contribution in [-0.4, -0.2) is 21.9 Å². The van der Waals surface area contributed by atoms with Crippen molar-refractivity contribution in [1.82, 2.24) is 10.1 Å². The van der Waals surface area contributed by atoms with Crippen LogP contribution in [0.3, 0.4) is 0 Å². The second-order valence-corrected chi connectivity index (χ2v) is 4.51. The predicted octanol–water partition coefficient (Wildman–Crippen LogP) is 2.77. The minimum Gasteiger partial charge on any atom is -0.333 e. The summed E-state index contributed by atoms with van der Waals surface area (Å²) in [6.45, 7) is 5.64. The Hall–Kier alpha value is -1.27. The van der Waals surface area contributed by atoms with Crippen LogP contribution in [-0.2, 0) is 6.42 Å². The Bertz CT molecular complexity index is 341. The summed E-state index contributed by atoms with van der Waals surface area (Å²) >= 11 is 0. The van der Waals surface area contributed by atoms with Crippen LogP contribution in [0.2, 0.25) is 0 Å². The van der Waals surface area contributed by atoms with Gasteiger partial charge in [0.1, 0.15) is 0 Å². The quantitative estimate of drug-likeness (QED) is 0.878. The van der Waals surface area contributed by atoms with Gasteiger partial charge in [-0.25, -0.2) is 0 Å². The molecule has 0 fully saturated rings. The van der Waals surface area contributed by atoms with Gasteiger partial charge < -0.3 is 9.84 Å². The van der Waals surface area contributed by atoms with Crippen LogP contribution < -0.4 is 5.32 Å². The smallest absolute Gasteiger partial charge is 0.333 e. The van der Waals surface area contributed by atoms with Gasteiger partial charge >= 0.3 is 12.2 Å². The number of aromatic nitrogens is 2. The number of hydrogen-bond acceptors (Lipinski definition) is 4. The molecular weight excluding hydrogens is 223 g/mol. The summed E-state index contributed by atoms with van der Waals surface area (Å²) in [5.41, 5.74) is -0.270. The van der Waals surface area contributed by atoms with E-state index in [-0.39, 0.29) is 23.8 Å². The largest absolute Gasteiger partial charge is 0.389 e. The van der Waals surface area contributed by atoms with Gasteiger partial charge in [0.2, 0.25) is 0 Å². The van der Waals surface area contributed by atoms with Gasteiger partial charge in [-0.1, -0.05) is 5.16 Å². The van der Waals surface area contributed by atoms with E-state index >= 15 is 0 Å². The van der Waals surface area contributed by atoms with Crippen molar-refractivity contribution in [2.45, 2.75) is 45.3 Å². The number of rotatable bonds is 3. The minimum atomic E-state index is -4.20. The normalized spacial score (nSPS) is 12.9. The zero-order valence-electron chi connectivity index (χ0n) is 9.35. The summed E-state index contributed by atoms with van der Waals surface area (Å²) in [6.07, 6.45) is -5.40. The second kappa shape index (κ2) is 4.31. The topological polar surface area (TPSA) is 51.0 Å². The summed E-state index contributed by atoms with van der Waals surface area (Å²) in [4.78, 5) is 3.81. The van der Waals surface area contributed by atoms with Gasteiger partial charge in [0.25, 0.3) is 0 Å². The van der Waals surface area contributed by atoms with Gasteiger partial charge in [0.15, 0.2) is 5.82 Å². The first-order valence-electron chi connectivity index (χ1n) is 4.83. The molecule has 0 amide bonds. The van der Waals surface area contributed by atoms with Crippen LogP contribution in [0.15, 0.2) is 4.52 Å². The van der Waals surface area contributed by atoms with Crippen molar-refractivity contribution in [3.05, 3.63) is 5.82 Å². The second-order valence-electron chi connectivity index (χ2n) is 4.51. The molecule has 1 aromatic rings. The molecule has 0 aliphatic heterocycles. The fourth-order valence-electron chi connectivity index (χ4n) is 0.981. The van der Waals surface area contributed by atoms with E-state index in [1.807, 2.05) is 20.8 Å². The molecule has 1 rings (SSSR count). The van der Waals surface area contributed by atoms with Crippen molar-refractivity contribution < 1.29 is 17.7 Å². The molecule has 0 saturated heterocycles. The van der Waals surface area contributed by atoms with Gasteiger partial charge in [0.05, 0.1) is 6.42 Å². The Balaban J connectivity index is 2.52. The van der Waals surface area contributed by atoms with Crippen molar-refractivity contribution in [1.29, 1.82) is 0 Å². The SMILES string of the molecule is CC(C)(C)Nc1nc(CCC(F)(F)F)no1. The van der Waals surface area contributed by atoms with E-state index in [0.717, 1.165) is 0 Å². The molecule has 1 N–H and O–H groups in total. The molecule has 4 nitrogen and oxygen atoms in total. The van der Waals surface area contributed by atoms with E-state index in [0.29, 0.717) is 0 Å². The summed E-state index contributed by atoms with van der Waals surface area (Å²) in [5, 5.41) is 6.33. The summed E-state index contributed by atoms with van der Waals surface area (Å²) in [7, 11) is 0. The molecule has 1 aromatic heterocycles. The minimum absolute atomic E-state index is 0.0593. The molecule has 0 saturated carbocycles. The Kier molecular flexibility index (Phi) is 3.44. The lowest BCUT2D eigenvalue weighted by Crippen LogP contribution is -2.26. The molecule has 0 atom stereocenters. The van der Waals surface area contributed by atoms with Crippen LogP contribution >= 0.6 is 0 Å². The monoisotopic (exact) mass is 237 g/mol. The lowest BCUT2D eigenvalue weighted by atomic mass is 10.1. The van der Waals surface area contributed by atoms with Crippen LogP contribution in [0, 0.1) is 0 Å². The van der Waals surface area contributed by atoms with Crippen LogP contribution in [0.4, 0.5) is 19.2 Å². The molecule has 0 radical (unpaired) electrons. The molecular formula is C9H14F3N3O. The molecule has 0 aliphatic carbocycles. The number of anilines is 1. The maximum atomic E-state index is 11.9.